The maximum atomic E-state index is 5.57. The van der Waals surface area contributed by atoms with Crippen molar-refractivity contribution in [3.05, 3.63) is 35.9 Å². The van der Waals surface area contributed by atoms with E-state index < -0.39 is 0 Å². The van der Waals surface area contributed by atoms with Gasteiger partial charge < -0.3 is 10.1 Å². The van der Waals surface area contributed by atoms with Crippen LogP contribution in [0.25, 0.3) is 5.52 Å². The minimum atomic E-state index is 0.628. The lowest BCUT2D eigenvalue weighted by molar-refractivity contribution is 0.617. The van der Waals surface area contributed by atoms with E-state index in [0.717, 1.165) is 25.8 Å². The SMILES string of the molecule is CC(C)Cc1nc(CCCN)c2ccccn12. The third-order valence-corrected chi connectivity index (χ3v) is 2.91. The third kappa shape index (κ3) is 2.67. The summed E-state index contributed by atoms with van der Waals surface area (Å²) in [6, 6.07) is 6.27. The Bertz CT molecular complexity index is 485. The monoisotopic (exact) mass is 231 g/mol. The summed E-state index contributed by atoms with van der Waals surface area (Å²) < 4.78 is 2.21. The Labute approximate surface area is 103 Å². The molecule has 0 saturated heterocycles. The van der Waals surface area contributed by atoms with Crippen LogP contribution in [0.15, 0.2) is 24.4 Å². The zero-order valence-electron chi connectivity index (χ0n) is 10.7. The second kappa shape index (κ2) is 5.32. The zero-order valence-corrected chi connectivity index (χ0v) is 10.7. The first kappa shape index (κ1) is 12.1. The normalized spacial score (nSPS) is 11.5. The number of hydrogen-bond donors (Lipinski definition) is 1. The first-order chi connectivity index (χ1) is 8.22. The highest BCUT2D eigenvalue weighted by molar-refractivity contribution is 5.53. The van der Waals surface area contributed by atoms with Gasteiger partial charge in [0.25, 0.3) is 0 Å². The highest BCUT2D eigenvalue weighted by Crippen LogP contribution is 2.17. The van der Waals surface area contributed by atoms with Crippen LogP contribution in [0.4, 0.5) is 0 Å². The van der Waals surface area contributed by atoms with Crippen LogP contribution in [0.2, 0.25) is 0 Å². The summed E-state index contributed by atoms with van der Waals surface area (Å²) in [5.41, 5.74) is 7.99. The number of imidazole rings is 1. The van der Waals surface area contributed by atoms with Crippen molar-refractivity contribution >= 4 is 5.52 Å². The smallest absolute Gasteiger partial charge is 0.113 e. The van der Waals surface area contributed by atoms with Crippen molar-refractivity contribution in [3.63, 3.8) is 0 Å². The van der Waals surface area contributed by atoms with Crippen molar-refractivity contribution in [1.29, 1.82) is 0 Å². The predicted molar refractivity (Wildman–Crippen MR) is 71.1 cm³/mol. The molecule has 2 N–H and O–H groups in total. The molecule has 0 aliphatic heterocycles. The molecule has 0 aromatic carbocycles. The molecular weight excluding hydrogens is 210 g/mol. The maximum absolute atomic E-state index is 5.57. The average Bonchev–Trinajstić information content (AvgIpc) is 2.65. The van der Waals surface area contributed by atoms with Gasteiger partial charge in [0.15, 0.2) is 0 Å². The van der Waals surface area contributed by atoms with Crippen molar-refractivity contribution in [2.24, 2.45) is 11.7 Å². The molecular formula is C14H21N3. The number of nitrogens with zero attached hydrogens (tertiary/aromatic N) is 2. The molecule has 0 atom stereocenters. The molecule has 0 bridgehead atoms. The van der Waals surface area contributed by atoms with Crippen LogP contribution < -0.4 is 5.73 Å². The van der Waals surface area contributed by atoms with E-state index in [4.69, 9.17) is 10.7 Å². The minimum absolute atomic E-state index is 0.628. The first-order valence-electron chi connectivity index (χ1n) is 6.37. The van der Waals surface area contributed by atoms with Gasteiger partial charge in [-0.3, -0.25) is 0 Å². The van der Waals surface area contributed by atoms with Crippen molar-refractivity contribution in [3.8, 4) is 0 Å². The Balaban J connectivity index is 2.39. The average molecular weight is 231 g/mol. The maximum Gasteiger partial charge on any atom is 0.113 e. The highest BCUT2D eigenvalue weighted by Gasteiger charge is 2.10. The molecule has 0 spiro atoms. The molecule has 0 aliphatic carbocycles. The summed E-state index contributed by atoms with van der Waals surface area (Å²) in [6.45, 7) is 5.18. The Morgan fingerprint density at radius 1 is 1.35 bits per heavy atom. The quantitative estimate of drug-likeness (QED) is 0.858. The molecule has 0 amide bonds. The van der Waals surface area contributed by atoms with E-state index >= 15 is 0 Å². The van der Waals surface area contributed by atoms with E-state index in [1.54, 1.807) is 0 Å². The molecule has 17 heavy (non-hydrogen) atoms. The molecule has 2 rings (SSSR count). The fourth-order valence-corrected chi connectivity index (χ4v) is 2.13. The largest absolute Gasteiger partial charge is 0.330 e. The van der Waals surface area contributed by atoms with E-state index in [0.29, 0.717) is 5.92 Å². The van der Waals surface area contributed by atoms with E-state index in [9.17, 15) is 0 Å². The van der Waals surface area contributed by atoms with Crippen LogP contribution in [0.5, 0.6) is 0 Å². The van der Waals surface area contributed by atoms with Gasteiger partial charge in [0.05, 0.1) is 11.2 Å². The number of pyridine rings is 1. The summed E-state index contributed by atoms with van der Waals surface area (Å²) in [6.07, 6.45) is 5.10. The van der Waals surface area contributed by atoms with E-state index in [-0.39, 0.29) is 0 Å². The molecule has 3 heteroatoms. The van der Waals surface area contributed by atoms with Crippen molar-refractivity contribution in [2.45, 2.75) is 33.1 Å². The number of fused-ring (bicyclic) bond motifs is 1. The highest BCUT2D eigenvalue weighted by atomic mass is 15.0. The standard InChI is InChI=1S/C14H21N3/c1-11(2)10-14-16-12(6-5-8-15)13-7-3-4-9-17(13)14/h3-4,7,9,11H,5-6,8,10,15H2,1-2H3. The summed E-state index contributed by atoms with van der Waals surface area (Å²) in [5, 5.41) is 0. The molecule has 0 fully saturated rings. The Hall–Kier alpha value is -1.35. The minimum Gasteiger partial charge on any atom is -0.330 e. The summed E-state index contributed by atoms with van der Waals surface area (Å²) in [5.74, 6) is 1.80. The fraction of sp³-hybridized carbons (Fsp3) is 0.500. The van der Waals surface area contributed by atoms with E-state index in [2.05, 4.69) is 42.6 Å². The molecule has 2 aromatic heterocycles. The van der Waals surface area contributed by atoms with Crippen molar-refractivity contribution in [1.82, 2.24) is 9.38 Å². The second-order valence-electron chi connectivity index (χ2n) is 4.92. The molecule has 2 aromatic rings. The number of aromatic nitrogens is 2. The topological polar surface area (TPSA) is 43.3 Å². The number of hydrogen-bond acceptors (Lipinski definition) is 2. The van der Waals surface area contributed by atoms with Crippen LogP contribution in [0.1, 0.15) is 31.8 Å². The van der Waals surface area contributed by atoms with Crippen molar-refractivity contribution in [2.75, 3.05) is 6.54 Å². The van der Waals surface area contributed by atoms with Crippen LogP contribution in [0.3, 0.4) is 0 Å². The predicted octanol–water partition coefficient (Wildman–Crippen LogP) is 2.42. The van der Waals surface area contributed by atoms with Gasteiger partial charge in [-0.25, -0.2) is 4.98 Å². The Morgan fingerprint density at radius 2 is 2.18 bits per heavy atom. The Morgan fingerprint density at radius 3 is 2.88 bits per heavy atom. The van der Waals surface area contributed by atoms with E-state index in [1.165, 1.54) is 17.0 Å². The third-order valence-electron chi connectivity index (χ3n) is 2.91. The first-order valence-corrected chi connectivity index (χ1v) is 6.37. The lowest BCUT2D eigenvalue weighted by Crippen LogP contribution is -2.01. The lowest BCUT2D eigenvalue weighted by atomic mass is 10.1. The van der Waals surface area contributed by atoms with Crippen LogP contribution in [-0.2, 0) is 12.8 Å². The summed E-state index contributed by atoms with van der Waals surface area (Å²) >= 11 is 0. The Kier molecular flexibility index (Phi) is 3.79. The number of rotatable bonds is 5. The van der Waals surface area contributed by atoms with Gasteiger partial charge in [-0.2, -0.15) is 0 Å². The summed E-state index contributed by atoms with van der Waals surface area (Å²) in [7, 11) is 0. The second-order valence-corrected chi connectivity index (χ2v) is 4.92. The van der Waals surface area contributed by atoms with Crippen LogP contribution in [0, 0.1) is 5.92 Å². The van der Waals surface area contributed by atoms with Gasteiger partial charge in [-0.1, -0.05) is 19.9 Å². The zero-order chi connectivity index (χ0) is 12.3. The molecule has 2 heterocycles. The molecule has 0 aliphatic rings. The van der Waals surface area contributed by atoms with E-state index in [1.807, 2.05) is 0 Å². The molecule has 0 radical (unpaired) electrons. The van der Waals surface area contributed by atoms with Gasteiger partial charge in [0, 0.05) is 12.6 Å². The molecule has 92 valence electrons. The fourth-order valence-electron chi connectivity index (χ4n) is 2.13. The van der Waals surface area contributed by atoms with Crippen LogP contribution in [-0.4, -0.2) is 15.9 Å². The van der Waals surface area contributed by atoms with Gasteiger partial charge in [0.1, 0.15) is 5.82 Å². The lowest BCUT2D eigenvalue weighted by Gasteiger charge is -2.03. The molecule has 0 unspecified atom stereocenters. The van der Waals surface area contributed by atoms with Crippen molar-refractivity contribution < 1.29 is 0 Å². The summed E-state index contributed by atoms with van der Waals surface area (Å²) in [4.78, 5) is 4.77. The number of aryl methyl sites for hydroxylation is 1. The van der Waals surface area contributed by atoms with Gasteiger partial charge in [-0.05, 0) is 37.4 Å². The molecule has 0 saturated carbocycles. The van der Waals surface area contributed by atoms with Gasteiger partial charge in [0.2, 0.25) is 0 Å². The molecule has 3 nitrogen and oxygen atoms in total. The van der Waals surface area contributed by atoms with Crippen LogP contribution >= 0.6 is 0 Å². The van der Waals surface area contributed by atoms with Gasteiger partial charge in [-0.15, -0.1) is 0 Å². The number of nitrogens with two attached hydrogens (primary N) is 1. The van der Waals surface area contributed by atoms with Gasteiger partial charge >= 0.3 is 0 Å².